The van der Waals surface area contributed by atoms with Crippen LogP contribution in [0.4, 0.5) is 10.1 Å². The number of carbonyl (C=O) groups is 1. The fourth-order valence-corrected chi connectivity index (χ4v) is 3.19. The molecule has 2 heterocycles. The molecule has 0 N–H and O–H groups in total. The summed E-state index contributed by atoms with van der Waals surface area (Å²) in [4.78, 5) is 15.1. The van der Waals surface area contributed by atoms with Gasteiger partial charge in [0.1, 0.15) is 11.6 Å². The summed E-state index contributed by atoms with van der Waals surface area (Å²) in [6, 6.07) is 6.83. The van der Waals surface area contributed by atoms with Crippen LogP contribution in [0.2, 0.25) is 0 Å². The summed E-state index contributed by atoms with van der Waals surface area (Å²) in [5.41, 5.74) is 1.24. The molecule has 1 amide bonds. The first-order valence-corrected chi connectivity index (χ1v) is 7.89. The molecule has 0 atom stereocenters. The Morgan fingerprint density at radius 3 is 2.59 bits per heavy atom. The Balaban J connectivity index is 1.84. The van der Waals surface area contributed by atoms with Gasteiger partial charge in [0.05, 0.1) is 12.0 Å². The predicted molar refractivity (Wildman–Crippen MR) is 86.3 cm³/mol. The zero-order valence-corrected chi connectivity index (χ0v) is 13.8. The molecule has 22 heavy (non-hydrogen) atoms. The number of anilines is 1. The topological polar surface area (TPSA) is 36.7 Å². The van der Waals surface area contributed by atoms with Crippen LogP contribution in [0, 0.1) is 5.82 Å². The van der Waals surface area contributed by atoms with Gasteiger partial charge in [-0.1, -0.05) is 0 Å². The molecule has 4 nitrogen and oxygen atoms in total. The molecule has 0 aliphatic carbocycles. The molecular weight excluding hydrogens is 351 g/mol. The maximum Gasteiger partial charge on any atom is 0.219 e. The number of hydrogen-bond donors (Lipinski definition) is 0. The number of halogens is 2. The lowest BCUT2D eigenvalue weighted by Crippen LogP contribution is -2.48. The molecule has 0 spiro atoms. The highest BCUT2D eigenvalue weighted by atomic mass is 79.9. The van der Waals surface area contributed by atoms with Crippen LogP contribution < -0.4 is 4.90 Å². The zero-order valence-electron chi connectivity index (χ0n) is 12.2. The molecule has 0 unspecified atom stereocenters. The van der Waals surface area contributed by atoms with E-state index in [9.17, 15) is 9.18 Å². The van der Waals surface area contributed by atoms with E-state index in [2.05, 4.69) is 15.9 Å². The molecule has 6 heteroatoms. The number of nitrogens with zero attached hydrogens (tertiary/aromatic N) is 2. The summed E-state index contributed by atoms with van der Waals surface area (Å²) in [5, 5.41) is 0. The quantitative estimate of drug-likeness (QED) is 0.815. The summed E-state index contributed by atoms with van der Waals surface area (Å²) >= 11 is 3.49. The molecule has 1 aromatic carbocycles. The lowest BCUT2D eigenvalue weighted by molar-refractivity contribution is -0.129. The number of hydrogen-bond acceptors (Lipinski definition) is 3. The number of rotatable bonds is 2. The second-order valence-electron chi connectivity index (χ2n) is 5.25. The Bertz CT molecular complexity index is 680. The van der Waals surface area contributed by atoms with Crippen LogP contribution in [0.15, 0.2) is 39.4 Å². The van der Waals surface area contributed by atoms with E-state index >= 15 is 0 Å². The van der Waals surface area contributed by atoms with Crippen LogP contribution >= 0.6 is 15.9 Å². The third kappa shape index (κ3) is 2.88. The van der Waals surface area contributed by atoms with Crippen molar-refractivity contribution in [1.29, 1.82) is 0 Å². The maximum absolute atomic E-state index is 14.5. The first-order valence-electron chi connectivity index (χ1n) is 7.09. The van der Waals surface area contributed by atoms with E-state index in [-0.39, 0.29) is 11.7 Å². The van der Waals surface area contributed by atoms with Crippen LogP contribution in [-0.4, -0.2) is 37.0 Å². The van der Waals surface area contributed by atoms with Crippen molar-refractivity contribution in [1.82, 2.24) is 4.90 Å². The maximum atomic E-state index is 14.5. The number of furan rings is 1. The average molecular weight is 367 g/mol. The first-order chi connectivity index (χ1) is 10.6. The largest absolute Gasteiger partial charge is 0.464 e. The average Bonchev–Trinajstić information content (AvgIpc) is 3.03. The number of benzene rings is 1. The molecule has 1 aliphatic rings. The highest BCUT2D eigenvalue weighted by molar-refractivity contribution is 9.10. The standard InChI is InChI=1S/C16H16BrFN2O2/c1-11(21)19-4-6-20(7-5-19)15-10-13(17)12(9-14(15)18)16-3-2-8-22-16/h2-3,8-10H,4-7H2,1H3. The lowest BCUT2D eigenvalue weighted by Gasteiger charge is -2.35. The van der Waals surface area contributed by atoms with Gasteiger partial charge in [-0.2, -0.15) is 0 Å². The van der Waals surface area contributed by atoms with Gasteiger partial charge in [0.2, 0.25) is 5.91 Å². The van der Waals surface area contributed by atoms with E-state index in [0.717, 1.165) is 4.47 Å². The number of carbonyl (C=O) groups excluding carboxylic acids is 1. The molecule has 1 fully saturated rings. The lowest BCUT2D eigenvalue weighted by atomic mass is 10.1. The van der Waals surface area contributed by atoms with Crippen molar-refractivity contribution in [3.8, 4) is 11.3 Å². The molecule has 1 aliphatic heterocycles. The van der Waals surface area contributed by atoms with Crippen molar-refractivity contribution in [3.63, 3.8) is 0 Å². The van der Waals surface area contributed by atoms with E-state index < -0.39 is 0 Å². The van der Waals surface area contributed by atoms with Crippen molar-refractivity contribution in [2.24, 2.45) is 0 Å². The fourth-order valence-electron chi connectivity index (χ4n) is 2.66. The highest BCUT2D eigenvalue weighted by Gasteiger charge is 2.22. The predicted octanol–water partition coefficient (Wildman–Crippen LogP) is 3.52. The minimum Gasteiger partial charge on any atom is -0.464 e. The van der Waals surface area contributed by atoms with E-state index in [1.54, 1.807) is 36.3 Å². The highest BCUT2D eigenvalue weighted by Crippen LogP contribution is 2.34. The first kappa shape index (κ1) is 15.1. The van der Waals surface area contributed by atoms with Gasteiger partial charge in [-0.25, -0.2) is 4.39 Å². The van der Waals surface area contributed by atoms with Gasteiger partial charge in [0.15, 0.2) is 0 Å². The summed E-state index contributed by atoms with van der Waals surface area (Å²) in [6.07, 6.45) is 1.56. The minimum atomic E-state index is -0.286. The molecule has 3 rings (SSSR count). The van der Waals surface area contributed by atoms with Gasteiger partial charge in [-0.05, 0) is 40.2 Å². The van der Waals surface area contributed by atoms with Gasteiger partial charge in [-0.15, -0.1) is 0 Å². The van der Waals surface area contributed by atoms with Crippen LogP contribution in [0.25, 0.3) is 11.3 Å². The van der Waals surface area contributed by atoms with Crippen LogP contribution in [0.5, 0.6) is 0 Å². The molecule has 0 radical (unpaired) electrons. The third-order valence-electron chi connectivity index (χ3n) is 3.89. The molecule has 1 aromatic heterocycles. The molecule has 116 valence electrons. The van der Waals surface area contributed by atoms with Crippen molar-refractivity contribution in [3.05, 3.63) is 40.8 Å². The minimum absolute atomic E-state index is 0.0643. The number of piperazine rings is 1. The summed E-state index contributed by atoms with van der Waals surface area (Å²) in [5.74, 6) is 0.402. The van der Waals surface area contributed by atoms with Crippen LogP contribution in [0.3, 0.4) is 0 Å². The molecular formula is C16H16BrFN2O2. The van der Waals surface area contributed by atoms with E-state index in [0.29, 0.717) is 43.2 Å². The monoisotopic (exact) mass is 366 g/mol. The second kappa shape index (κ2) is 6.12. The number of amides is 1. The van der Waals surface area contributed by atoms with Crippen LogP contribution in [-0.2, 0) is 4.79 Å². The SMILES string of the molecule is CC(=O)N1CCN(c2cc(Br)c(-c3ccco3)cc2F)CC1. The van der Waals surface area contributed by atoms with Gasteiger partial charge in [0.25, 0.3) is 0 Å². The molecule has 0 saturated carbocycles. The second-order valence-corrected chi connectivity index (χ2v) is 6.11. The van der Waals surface area contributed by atoms with Crippen molar-refractivity contribution >= 4 is 27.5 Å². The van der Waals surface area contributed by atoms with Gasteiger partial charge < -0.3 is 14.2 Å². The van der Waals surface area contributed by atoms with Gasteiger partial charge >= 0.3 is 0 Å². The smallest absolute Gasteiger partial charge is 0.219 e. The Morgan fingerprint density at radius 2 is 2.00 bits per heavy atom. The summed E-state index contributed by atoms with van der Waals surface area (Å²) in [7, 11) is 0. The van der Waals surface area contributed by atoms with Crippen LogP contribution in [0.1, 0.15) is 6.92 Å². The van der Waals surface area contributed by atoms with Crippen molar-refractivity contribution in [2.45, 2.75) is 6.92 Å². The molecule has 1 saturated heterocycles. The zero-order chi connectivity index (χ0) is 15.7. The molecule has 2 aromatic rings. The normalized spacial score (nSPS) is 15.2. The van der Waals surface area contributed by atoms with E-state index in [1.165, 1.54) is 6.07 Å². The van der Waals surface area contributed by atoms with Gasteiger partial charge in [0, 0.05) is 43.1 Å². The Labute approximate surface area is 136 Å². The summed E-state index contributed by atoms with van der Waals surface area (Å²) in [6.45, 7) is 4.05. The Morgan fingerprint density at radius 1 is 1.27 bits per heavy atom. The fraction of sp³-hybridized carbons (Fsp3) is 0.312. The Kier molecular flexibility index (Phi) is 4.20. The third-order valence-corrected chi connectivity index (χ3v) is 4.54. The van der Waals surface area contributed by atoms with Gasteiger partial charge in [-0.3, -0.25) is 4.79 Å². The van der Waals surface area contributed by atoms with E-state index in [1.807, 2.05) is 4.90 Å². The summed E-state index contributed by atoms with van der Waals surface area (Å²) < 4.78 is 20.6. The molecule has 0 bridgehead atoms. The van der Waals surface area contributed by atoms with Crippen molar-refractivity contribution < 1.29 is 13.6 Å². The Hall–Kier alpha value is -1.82. The van der Waals surface area contributed by atoms with Crippen molar-refractivity contribution in [2.75, 3.05) is 31.1 Å². The van der Waals surface area contributed by atoms with E-state index in [4.69, 9.17) is 4.42 Å².